The Kier molecular flexibility index (Phi) is 7.99. The van der Waals surface area contributed by atoms with E-state index in [1.54, 1.807) is 12.1 Å². The predicted molar refractivity (Wildman–Crippen MR) is 80.2 cm³/mol. The highest BCUT2D eigenvalue weighted by molar-refractivity contribution is 6.60. The van der Waals surface area contributed by atoms with E-state index in [0.717, 1.165) is 24.4 Å². The van der Waals surface area contributed by atoms with Crippen LogP contribution in [0.3, 0.4) is 0 Å². The van der Waals surface area contributed by atoms with Crippen LogP contribution in [0.1, 0.15) is 32.8 Å². The number of hydrogen-bond donors (Lipinski definition) is 0. The van der Waals surface area contributed by atoms with Crippen molar-refractivity contribution in [3.05, 3.63) is 35.6 Å². The molecule has 0 unspecified atom stereocenters. The topological polar surface area (TPSA) is 27.7 Å². The molecular formula is C15H25FO3Si. The normalized spacial score (nSPS) is 11.8. The van der Waals surface area contributed by atoms with Crippen molar-refractivity contribution in [1.82, 2.24) is 0 Å². The Morgan fingerprint density at radius 2 is 1.60 bits per heavy atom. The maximum atomic E-state index is 13.1. The van der Waals surface area contributed by atoms with Gasteiger partial charge in [-0.25, -0.2) is 4.39 Å². The summed E-state index contributed by atoms with van der Waals surface area (Å²) in [5.74, 6) is -0.189. The SMILES string of the molecule is CCO[Si](CCCc1cccc(F)c1)(OCC)OCC. The molecular weight excluding hydrogens is 275 g/mol. The van der Waals surface area contributed by atoms with E-state index in [9.17, 15) is 4.39 Å². The highest BCUT2D eigenvalue weighted by atomic mass is 28.4. The first-order valence-electron chi connectivity index (χ1n) is 7.32. The average Bonchev–Trinajstić information content (AvgIpc) is 2.40. The van der Waals surface area contributed by atoms with Gasteiger partial charge in [-0.2, -0.15) is 0 Å². The van der Waals surface area contributed by atoms with E-state index in [0.29, 0.717) is 19.8 Å². The van der Waals surface area contributed by atoms with Gasteiger partial charge in [0.25, 0.3) is 0 Å². The van der Waals surface area contributed by atoms with Gasteiger partial charge in [-0.3, -0.25) is 0 Å². The van der Waals surface area contributed by atoms with Crippen LogP contribution in [0.15, 0.2) is 24.3 Å². The van der Waals surface area contributed by atoms with Crippen molar-refractivity contribution in [3.63, 3.8) is 0 Å². The van der Waals surface area contributed by atoms with Crippen molar-refractivity contribution in [3.8, 4) is 0 Å². The molecule has 0 heterocycles. The fourth-order valence-electron chi connectivity index (χ4n) is 2.20. The van der Waals surface area contributed by atoms with Crippen molar-refractivity contribution in [2.75, 3.05) is 19.8 Å². The zero-order chi connectivity index (χ0) is 14.8. The molecule has 20 heavy (non-hydrogen) atoms. The van der Waals surface area contributed by atoms with Crippen LogP contribution in [0.2, 0.25) is 6.04 Å². The second-order valence-electron chi connectivity index (χ2n) is 4.47. The predicted octanol–water partition coefficient (Wildman–Crippen LogP) is 3.81. The molecule has 0 amide bonds. The monoisotopic (exact) mass is 300 g/mol. The van der Waals surface area contributed by atoms with Gasteiger partial charge in [-0.15, -0.1) is 0 Å². The summed E-state index contributed by atoms with van der Waals surface area (Å²) in [7, 11) is -2.56. The molecule has 0 aliphatic rings. The fraction of sp³-hybridized carbons (Fsp3) is 0.600. The Labute approximate surface area is 122 Å². The van der Waals surface area contributed by atoms with Gasteiger partial charge >= 0.3 is 8.80 Å². The summed E-state index contributed by atoms with van der Waals surface area (Å²) in [5, 5.41) is 0. The minimum Gasteiger partial charge on any atom is -0.374 e. The molecule has 1 rings (SSSR count). The van der Waals surface area contributed by atoms with E-state index in [2.05, 4.69) is 0 Å². The summed E-state index contributed by atoms with van der Waals surface area (Å²) < 4.78 is 30.5. The van der Waals surface area contributed by atoms with Crippen molar-refractivity contribution in [2.45, 2.75) is 39.7 Å². The summed E-state index contributed by atoms with van der Waals surface area (Å²) in [6, 6.07) is 7.48. The Bertz CT molecular complexity index is 370. The van der Waals surface area contributed by atoms with Gasteiger partial charge in [0.1, 0.15) is 5.82 Å². The summed E-state index contributed by atoms with van der Waals surface area (Å²) >= 11 is 0. The van der Waals surface area contributed by atoms with Gasteiger partial charge in [0.2, 0.25) is 0 Å². The maximum absolute atomic E-state index is 13.1. The van der Waals surface area contributed by atoms with Crippen LogP contribution in [0, 0.1) is 5.82 Å². The van der Waals surface area contributed by atoms with E-state index in [1.807, 2.05) is 26.8 Å². The van der Waals surface area contributed by atoms with Crippen molar-refractivity contribution >= 4 is 8.80 Å². The quantitative estimate of drug-likeness (QED) is 0.615. The first kappa shape index (κ1) is 17.3. The van der Waals surface area contributed by atoms with E-state index in [4.69, 9.17) is 13.3 Å². The molecule has 5 heteroatoms. The molecule has 114 valence electrons. The third-order valence-corrected chi connectivity index (χ3v) is 6.08. The lowest BCUT2D eigenvalue weighted by molar-refractivity contribution is 0.0708. The molecule has 0 aromatic heterocycles. The minimum absolute atomic E-state index is 0.189. The average molecular weight is 300 g/mol. The number of halogens is 1. The van der Waals surface area contributed by atoms with E-state index in [-0.39, 0.29) is 5.82 Å². The van der Waals surface area contributed by atoms with Crippen molar-refractivity contribution in [2.24, 2.45) is 0 Å². The molecule has 0 saturated carbocycles. The van der Waals surface area contributed by atoms with Gasteiger partial charge in [0.15, 0.2) is 0 Å². The van der Waals surface area contributed by atoms with Gasteiger partial charge < -0.3 is 13.3 Å². The van der Waals surface area contributed by atoms with Crippen LogP contribution in [-0.4, -0.2) is 28.6 Å². The first-order chi connectivity index (χ1) is 9.65. The lowest BCUT2D eigenvalue weighted by Crippen LogP contribution is -2.46. The van der Waals surface area contributed by atoms with Crippen LogP contribution in [-0.2, 0) is 19.7 Å². The van der Waals surface area contributed by atoms with Gasteiger partial charge in [-0.05, 0) is 51.3 Å². The van der Waals surface area contributed by atoms with Crippen molar-refractivity contribution in [1.29, 1.82) is 0 Å². The molecule has 0 atom stereocenters. The second-order valence-corrected chi connectivity index (χ2v) is 7.20. The fourth-order valence-corrected chi connectivity index (χ4v) is 4.82. The largest absolute Gasteiger partial charge is 0.500 e. The van der Waals surface area contributed by atoms with Gasteiger partial charge in [0.05, 0.1) is 0 Å². The lowest BCUT2D eigenvalue weighted by atomic mass is 10.1. The summed E-state index contributed by atoms with van der Waals surface area (Å²) in [6.45, 7) is 7.62. The van der Waals surface area contributed by atoms with E-state index in [1.165, 1.54) is 6.07 Å². The van der Waals surface area contributed by atoms with Crippen LogP contribution in [0.25, 0.3) is 0 Å². The molecule has 0 N–H and O–H groups in total. The lowest BCUT2D eigenvalue weighted by Gasteiger charge is -2.28. The zero-order valence-corrected chi connectivity index (χ0v) is 13.7. The number of hydrogen-bond acceptors (Lipinski definition) is 3. The third-order valence-electron chi connectivity index (χ3n) is 2.93. The van der Waals surface area contributed by atoms with E-state index < -0.39 is 8.80 Å². The highest BCUT2D eigenvalue weighted by Gasteiger charge is 2.39. The third kappa shape index (κ3) is 5.71. The molecule has 0 aliphatic carbocycles. The molecule has 0 aliphatic heterocycles. The van der Waals surface area contributed by atoms with Gasteiger partial charge in [0, 0.05) is 25.9 Å². The first-order valence-corrected chi connectivity index (χ1v) is 9.25. The number of rotatable bonds is 10. The molecule has 0 saturated heterocycles. The number of aryl methyl sites for hydroxylation is 1. The highest BCUT2D eigenvalue weighted by Crippen LogP contribution is 2.20. The Balaban J connectivity index is 2.56. The molecule has 0 spiro atoms. The van der Waals surface area contributed by atoms with Crippen LogP contribution < -0.4 is 0 Å². The van der Waals surface area contributed by atoms with E-state index >= 15 is 0 Å². The molecule has 1 aromatic carbocycles. The van der Waals surface area contributed by atoms with Gasteiger partial charge in [-0.1, -0.05) is 12.1 Å². The standard InChI is InChI=1S/C15H25FO3Si/c1-4-17-20(18-5-2,19-6-3)12-8-10-14-9-7-11-15(16)13-14/h7,9,11,13H,4-6,8,10,12H2,1-3H3. The second kappa shape index (κ2) is 9.23. The number of benzene rings is 1. The molecule has 0 bridgehead atoms. The Morgan fingerprint density at radius 3 is 2.10 bits per heavy atom. The molecule has 3 nitrogen and oxygen atoms in total. The Hall–Kier alpha value is -0.753. The molecule has 0 radical (unpaired) electrons. The summed E-state index contributed by atoms with van der Waals surface area (Å²) in [4.78, 5) is 0. The molecule has 1 aromatic rings. The Morgan fingerprint density at radius 1 is 1.00 bits per heavy atom. The van der Waals surface area contributed by atoms with Crippen LogP contribution >= 0.6 is 0 Å². The smallest absolute Gasteiger partial charge is 0.374 e. The summed E-state index contributed by atoms with van der Waals surface area (Å²) in [6.07, 6.45) is 1.68. The van der Waals surface area contributed by atoms with Crippen molar-refractivity contribution < 1.29 is 17.7 Å². The van der Waals surface area contributed by atoms with Crippen LogP contribution in [0.5, 0.6) is 0 Å². The summed E-state index contributed by atoms with van der Waals surface area (Å²) in [5.41, 5.74) is 0.998. The van der Waals surface area contributed by atoms with Crippen LogP contribution in [0.4, 0.5) is 4.39 Å². The zero-order valence-electron chi connectivity index (χ0n) is 12.7. The minimum atomic E-state index is -2.56. The maximum Gasteiger partial charge on any atom is 0.500 e. The molecule has 0 fully saturated rings.